The molecule has 1 aromatic heterocycles. The predicted molar refractivity (Wildman–Crippen MR) is 69.4 cm³/mol. The van der Waals surface area contributed by atoms with Crippen LogP contribution < -0.4 is 0 Å². The van der Waals surface area contributed by atoms with Crippen LogP contribution in [0.25, 0.3) is 0 Å². The van der Waals surface area contributed by atoms with Gasteiger partial charge in [0.1, 0.15) is 0 Å². The Balaban J connectivity index is 2.80. The number of aryl methyl sites for hydroxylation is 1. The molecule has 0 aliphatic carbocycles. The van der Waals surface area contributed by atoms with Gasteiger partial charge in [0.2, 0.25) is 0 Å². The number of aliphatic hydroxyl groups is 1. The highest BCUT2D eigenvalue weighted by Gasteiger charge is 2.71. The quantitative estimate of drug-likeness (QED) is 0.873. The third kappa shape index (κ3) is 2.35. The number of aromatic nitrogens is 1. The molecule has 7 heteroatoms. The summed E-state index contributed by atoms with van der Waals surface area (Å²) >= 11 is 0. The van der Waals surface area contributed by atoms with E-state index >= 15 is 0 Å². The van der Waals surface area contributed by atoms with E-state index in [1.165, 1.54) is 37.4 Å². The third-order valence-electron chi connectivity index (χ3n) is 3.42. The summed E-state index contributed by atoms with van der Waals surface area (Å²) in [5.74, 6) is -5.39. The van der Waals surface area contributed by atoms with Gasteiger partial charge in [-0.1, -0.05) is 30.3 Å². The van der Waals surface area contributed by atoms with Crippen molar-refractivity contribution in [1.82, 2.24) is 4.98 Å². The summed E-state index contributed by atoms with van der Waals surface area (Å²) in [6.07, 6.45) is -3.92. The Morgan fingerprint density at radius 2 is 1.59 bits per heavy atom. The normalized spacial score (nSPS) is 15.4. The molecule has 2 rings (SSSR count). The molecular formula is C15H12F5NO. The van der Waals surface area contributed by atoms with Crippen molar-refractivity contribution >= 4 is 0 Å². The molecule has 0 aliphatic rings. The first kappa shape index (κ1) is 16.4. The number of alkyl halides is 5. The number of benzene rings is 1. The minimum absolute atomic E-state index is 0.109. The van der Waals surface area contributed by atoms with Crippen molar-refractivity contribution < 1.29 is 27.1 Å². The van der Waals surface area contributed by atoms with E-state index in [1.807, 2.05) is 0 Å². The molecular weight excluding hydrogens is 305 g/mol. The second-order valence-electron chi connectivity index (χ2n) is 4.84. The van der Waals surface area contributed by atoms with Crippen molar-refractivity contribution in [2.45, 2.75) is 24.6 Å². The Labute approximate surface area is 123 Å². The molecule has 118 valence electrons. The molecule has 0 radical (unpaired) electrons. The zero-order valence-corrected chi connectivity index (χ0v) is 11.4. The van der Waals surface area contributed by atoms with Gasteiger partial charge >= 0.3 is 12.1 Å². The van der Waals surface area contributed by atoms with Crippen LogP contribution in [0.2, 0.25) is 0 Å². The summed E-state index contributed by atoms with van der Waals surface area (Å²) in [7, 11) is 0. The average Bonchev–Trinajstić information content (AvgIpc) is 2.46. The molecule has 1 N–H and O–H groups in total. The van der Waals surface area contributed by atoms with Gasteiger partial charge in [0.05, 0.1) is 0 Å². The second-order valence-corrected chi connectivity index (χ2v) is 4.84. The van der Waals surface area contributed by atoms with Crippen LogP contribution in [0.4, 0.5) is 22.0 Å². The monoisotopic (exact) mass is 317 g/mol. The van der Waals surface area contributed by atoms with E-state index in [1.54, 1.807) is 0 Å². The van der Waals surface area contributed by atoms with E-state index in [0.717, 1.165) is 18.3 Å². The van der Waals surface area contributed by atoms with Crippen LogP contribution in [0.1, 0.15) is 16.7 Å². The molecule has 0 saturated heterocycles. The first-order chi connectivity index (χ1) is 10.1. The predicted octanol–water partition coefficient (Wildman–Crippen LogP) is 3.82. The van der Waals surface area contributed by atoms with Crippen molar-refractivity contribution in [2.24, 2.45) is 0 Å². The summed E-state index contributed by atoms with van der Waals surface area (Å²) in [6, 6.07) is 7.33. The van der Waals surface area contributed by atoms with Crippen molar-refractivity contribution in [3.63, 3.8) is 0 Å². The first-order valence-corrected chi connectivity index (χ1v) is 6.26. The molecule has 0 aliphatic heterocycles. The van der Waals surface area contributed by atoms with E-state index in [4.69, 9.17) is 0 Å². The minimum Gasteiger partial charge on any atom is -0.374 e. The van der Waals surface area contributed by atoms with Crippen molar-refractivity contribution in [3.8, 4) is 0 Å². The molecule has 0 spiro atoms. The van der Waals surface area contributed by atoms with Crippen LogP contribution in [0.3, 0.4) is 0 Å². The minimum atomic E-state index is -5.93. The largest absolute Gasteiger partial charge is 0.457 e. The summed E-state index contributed by atoms with van der Waals surface area (Å²) in [6.45, 7) is 1.35. The molecule has 1 aromatic carbocycles. The molecule has 1 atom stereocenters. The molecule has 0 bridgehead atoms. The van der Waals surface area contributed by atoms with E-state index in [9.17, 15) is 27.1 Å². The van der Waals surface area contributed by atoms with Gasteiger partial charge < -0.3 is 5.11 Å². The lowest BCUT2D eigenvalue weighted by molar-refractivity contribution is -0.336. The van der Waals surface area contributed by atoms with Gasteiger partial charge in [-0.25, -0.2) is 0 Å². The second kappa shape index (κ2) is 5.31. The van der Waals surface area contributed by atoms with Gasteiger partial charge in [0, 0.05) is 18.0 Å². The van der Waals surface area contributed by atoms with E-state index in [2.05, 4.69) is 4.98 Å². The van der Waals surface area contributed by atoms with Gasteiger partial charge in [0.25, 0.3) is 0 Å². The Morgan fingerprint density at radius 1 is 0.955 bits per heavy atom. The molecule has 2 nitrogen and oxygen atoms in total. The fourth-order valence-electron chi connectivity index (χ4n) is 2.27. The average molecular weight is 317 g/mol. The summed E-state index contributed by atoms with van der Waals surface area (Å²) in [5.41, 5.74) is -4.61. The Morgan fingerprint density at radius 3 is 2.09 bits per heavy atom. The molecule has 1 unspecified atom stereocenters. The Kier molecular flexibility index (Phi) is 3.95. The van der Waals surface area contributed by atoms with E-state index < -0.39 is 28.8 Å². The van der Waals surface area contributed by atoms with Gasteiger partial charge in [-0.2, -0.15) is 22.0 Å². The molecule has 1 heterocycles. The molecule has 0 saturated carbocycles. The van der Waals surface area contributed by atoms with Crippen molar-refractivity contribution in [1.29, 1.82) is 0 Å². The third-order valence-corrected chi connectivity index (χ3v) is 3.42. The summed E-state index contributed by atoms with van der Waals surface area (Å²) in [5, 5.41) is 10.5. The summed E-state index contributed by atoms with van der Waals surface area (Å²) < 4.78 is 67.0. The number of nitrogens with zero attached hydrogens (tertiary/aromatic N) is 1. The van der Waals surface area contributed by atoms with Crippen LogP contribution in [0.15, 0.2) is 48.8 Å². The van der Waals surface area contributed by atoms with Crippen LogP contribution >= 0.6 is 0 Å². The maximum Gasteiger partial charge on any atom is 0.457 e. The molecule has 0 amide bonds. The van der Waals surface area contributed by atoms with Gasteiger partial charge in [-0.05, 0) is 24.1 Å². The zero-order valence-electron chi connectivity index (χ0n) is 11.4. The fourth-order valence-corrected chi connectivity index (χ4v) is 2.27. The topological polar surface area (TPSA) is 33.1 Å². The van der Waals surface area contributed by atoms with E-state index in [0.29, 0.717) is 0 Å². The smallest absolute Gasteiger partial charge is 0.374 e. The number of halogens is 5. The lowest BCUT2D eigenvalue weighted by atomic mass is 9.79. The van der Waals surface area contributed by atoms with Gasteiger partial charge in [0.15, 0.2) is 5.60 Å². The van der Waals surface area contributed by atoms with Crippen LogP contribution in [-0.2, 0) is 5.60 Å². The number of hydrogen-bond donors (Lipinski definition) is 1. The Hall–Kier alpha value is -2.02. The highest BCUT2D eigenvalue weighted by Crippen LogP contribution is 2.52. The maximum atomic E-state index is 14.1. The highest BCUT2D eigenvalue weighted by molar-refractivity contribution is 5.42. The Bertz CT molecular complexity index is 656. The lowest BCUT2D eigenvalue weighted by Gasteiger charge is -2.38. The summed E-state index contributed by atoms with van der Waals surface area (Å²) in [4.78, 5) is 3.54. The molecule has 0 fully saturated rings. The van der Waals surface area contributed by atoms with Crippen LogP contribution in [0, 0.1) is 6.92 Å². The standard InChI is InChI=1S/C15H12F5NO/c1-10-5-2-3-7-12(10)13(22,11-6-4-8-21-9-11)14(16,17)15(18,19)20/h2-9,22H,1H3. The van der Waals surface area contributed by atoms with Crippen LogP contribution in [0.5, 0.6) is 0 Å². The van der Waals surface area contributed by atoms with Gasteiger partial charge in [-0.3, -0.25) is 4.98 Å². The van der Waals surface area contributed by atoms with E-state index in [-0.39, 0.29) is 5.56 Å². The maximum absolute atomic E-state index is 14.1. The molecule has 2 aromatic rings. The van der Waals surface area contributed by atoms with Gasteiger partial charge in [-0.15, -0.1) is 0 Å². The number of rotatable bonds is 3. The van der Waals surface area contributed by atoms with Crippen molar-refractivity contribution in [2.75, 3.05) is 0 Å². The molecule has 22 heavy (non-hydrogen) atoms. The number of hydrogen-bond acceptors (Lipinski definition) is 2. The highest BCUT2D eigenvalue weighted by atomic mass is 19.4. The van der Waals surface area contributed by atoms with Crippen LogP contribution in [-0.4, -0.2) is 22.2 Å². The SMILES string of the molecule is Cc1ccccc1C(O)(c1cccnc1)C(F)(F)C(F)(F)F. The lowest BCUT2D eigenvalue weighted by Crippen LogP contribution is -2.55. The zero-order chi connectivity index (χ0) is 16.6. The fraction of sp³-hybridized carbons (Fsp3) is 0.267. The van der Waals surface area contributed by atoms with Crippen molar-refractivity contribution in [3.05, 3.63) is 65.5 Å². The number of pyridine rings is 1. The first-order valence-electron chi connectivity index (χ1n) is 6.26.